The van der Waals surface area contributed by atoms with Crippen molar-refractivity contribution >= 4 is 10.1 Å². The van der Waals surface area contributed by atoms with E-state index in [2.05, 4.69) is 6.58 Å². The number of rotatable bonds is 15. The summed E-state index contributed by atoms with van der Waals surface area (Å²) in [5.41, 5.74) is 1.96. The first-order chi connectivity index (χ1) is 14.5. The van der Waals surface area contributed by atoms with Crippen molar-refractivity contribution in [2.45, 2.75) is 44.9 Å². The number of benzene rings is 2. The van der Waals surface area contributed by atoms with Crippen LogP contribution in [-0.4, -0.2) is 31.9 Å². The van der Waals surface area contributed by atoms with Crippen molar-refractivity contribution in [1.82, 2.24) is 0 Å². The Labute approximate surface area is 180 Å². The van der Waals surface area contributed by atoms with Gasteiger partial charge in [-0.15, -0.1) is 6.58 Å². The van der Waals surface area contributed by atoms with E-state index in [1.807, 2.05) is 54.6 Å². The third-order valence-corrected chi connectivity index (χ3v) is 5.47. The second-order valence-electron chi connectivity index (χ2n) is 7.18. The summed E-state index contributed by atoms with van der Waals surface area (Å²) >= 11 is 0. The smallest absolute Gasteiger partial charge is 0.264 e. The van der Waals surface area contributed by atoms with Crippen LogP contribution in [0.15, 0.2) is 61.2 Å². The van der Waals surface area contributed by atoms with Crippen molar-refractivity contribution < 1.29 is 22.4 Å². The predicted octanol–water partition coefficient (Wildman–Crippen LogP) is 5.92. The molecule has 0 heterocycles. The zero-order valence-electron chi connectivity index (χ0n) is 17.5. The van der Waals surface area contributed by atoms with E-state index in [1.54, 1.807) is 0 Å². The van der Waals surface area contributed by atoms with Gasteiger partial charge in [0.2, 0.25) is 0 Å². The molecule has 0 aliphatic rings. The molecule has 2 aromatic carbocycles. The fourth-order valence-electron chi connectivity index (χ4n) is 3.14. The quantitative estimate of drug-likeness (QED) is 0.215. The molecule has 2 rings (SSSR count). The van der Waals surface area contributed by atoms with Crippen LogP contribution >= 0.6 is 0 Å². The van der Waals surface area contributed by atoms with Gasteiger partial charge in [0, 0.05) is 0 Å². The average molecular weight is 433 g/mol. The molecular weight excluding hydrogens is 400 g/mol. The van der Waals surface area contributed by atoms with Gasteiger partial charge in [-0.3, -0.25) is 4.55 Å². The van der Waals surface area contributed by atoms with Gasteiger partial charge < -0.3 is 9.47 Å². The normalized spacial score (nSPS) is 11.2. The van der Waals surface area contributed by atoms with Crippen LogP contribution in [0.25, 0.3) is 11.1 Å². The molecule has 0 unspecified atom stereocenters. The van der Waals surface area contributed by atoms with E-state index in [-0.39, 0.29) is 5.75 Å². The molecule has 0 aliphatic heterocycles. The van der Waals surface area contributed by atoms with E-state index in [0.29, 0.717) is 32.5 Å². The monoisotopic (exact) mass is 432 g/mol. The molecule has 0 saturated carbocycles. The van der Waals surface area contributed by atoms with Crippen LogP contribution in [0.2, 0.25) is 0 Å². The van der Waals surface area contributed by atoms with Crippen LogP contribution in [-0.2, 0) is 10.1 Å². The van der Waals surface area contributed by atoms with Crippen molar-refractivity contribution in [3.8, 4) is 22.6 Å². The third kappa shape index (κ3) is 9.01. The molecule has 0 bridgehead atoms. The predicted molar refractivity (Wildman–Crippen MR) is 122 cm³/mol. The minimum absolute atomic E-state index is 0.210. The number of hydrogen-bond acceptors (Lipinski definition) is 4. The molecule has 0 atom stereocenters. The Kier molecular flexibility index (Phi) is 10.5. The summed E-state index contributed by atoms with van der Waals surface area (Å²) < 4.78 is 42.5. The first-order valence-corrected chi connectivity index (χ1v) is 12.1. The summed E-state index contributed by atoms with van der Waals surface area (Å²) in [4.78, 5) is 0. The van der Waals surface area contributed by atoms with Crippen LogP contribution in [0.1, 0.15) is 44.9 Å². The Morgan fingerprint density at radius 1 is 0.800 bits per heavy atom. The number of allylic oxidation sites excluding steroid dienone is 1. The fourth-order valence-corrected chi connectivity index (χ4v) is 3.70. The van der Waals surface area contributed by atoms with E-state index in [0.717, 1.165) is 48.3 Å². The zero-order valence-corrected chi connectivity index (χ0v) is 18.3. The molecule has 30 heavy (non-hydrogen) atoms. The highest BCUT2D eigenvalue weighted by Gasteiger charge is 2.13. The first-order valence-electron chi connectivity index (χ1n) is 10.5. The molecular formula is C24H32O5S. The lowest BCUT2D eigenvalue weighted by Crippen LogP contribution is -2.05. The van der Waals surface area contributed by atoms with Gasteiger partial charge in [0.1, 0.15) is 11.5 Å². The second kappa shape index (κ2) is 13.1. The molecule has 0 amide bonds. The van der Waals surface area contributed by atoms with E-state index < -0.39 is 10.1 Å². The maximum absolute atomic E-state index is 10.8. The maximum atomic E-state index is 10.8. The van der Waals surface area contributed by atoms with Gasteiger partial charge in [0.05, 0.1) is 24.5 Å². The molecule has 0 aliphatic carbocycles. The molecule has 0 spiro atoms. The Bertz CT molecular complexity index is 862. The van der Waals surface area contributed by atoms with Crippen LogP contribution in [0.4, 0.5) is 0 Å². The highest BCUT2D eigenvalue weighted by atomic mass is 32.2. The van der Waals surface area contributed by atoms with Crippen LogP contribution < -0.4 is 9.47 Å². The summed E-state index contributed by atoms with van der Waals surface area (Å²) in [6.45, 7) is 4.87. The van der Waals surface area contributed by atoms with E-state index >= 15 is 0 Å². The van der Waals surface area contributed by atoms with Gasteiger partial charge in [-0.05, 0) is 62.6 Å². The lowest BCUT2D eigenvalue weighted by Gasteiger charge is -2.17. The Morgan fingerprint density at radius 3 is 1.97 bits per heavy atom. The lowest BCUT2D eigenvalue weighted by molar-refractivity contribution is 0.293. The van der Waals surface area contributed by atoms with Crippen molar-refractivity contribution in [1.29, 1.82) is 0 Å². The molecule has 5 nitrogen and oxygen atoms in total. The van der Waals surface area contributed by atoms with Crippen molar-refractivity contribution in [2.75, 3.05) is 19.0 Å². The van der Waals surface area contributed by atoms with Crippen LogP contribution in [0.3, 0.4) is 0 Å². The summed E-state index contributed by atoms with van der Waals surface area (Å²) in [6, 6.07) is 15.8. The summed E-state index contributed by atoms with van der Waals surface area (Å²) in [5.74, 6) is 1.34. The highest BCUT2D eigenvalue weighted by molar-refractivity contribution is 7.85. The van der Waals surface area contributed by atoms with Gasteiger partial charge in [0.25, 0.3) is 10.1 Å². The first kappa shape index (κ1) is 24.0. The van der Waals surface area contributed by atoms with Gasteiger partial charge in [-0.2, -0.15) is 8.42 Å². The molecule has 0 aromatic heterocycles. The van der Waals surface area contributed by atoms with Crippen molar-refractivity contribution in [3.05, 3.63) is 61.2 Å². The number of unbranched alkanes of at least 4 members (excludes halogenated alkanes) is 5. The molecule has 0 fully saturated rings. The Hall–Kier alpha value is -2.31. The van der Waals surface area contributed by atoms with E-state index in [1.165, 1.54) is 0 Å². The molecule has 0 radical (unpaired) electrons. The van der Waals surface area contributed by atoms with Crippen LogP contribution in [0.5, 0.6) is 11.5 Å². The molecule has 2 aromatic rings. The number of ether oxygens (including phenoxy) is 2. The van der Waals surface area contributed by atoms with Crippen LogP contribution in [0, 0.1) is 0 Å². The third-order valence-electron chi connectivity index (χ3n) is 4.66. The lowest BCUT2D eigenvalue weighted by atomic mass is 10.0. The zero-order chi connectivity index (χ0) is 21.7. The summed E-state index contributed by atoms with van der Waals surface area (Å²) in [5, 5.41) is 0. The molecule has 6 heteroatoms. The average Bonchev–Trinajstić information content (AvgIpc) is 2.73. The minimum Gasteiger partial charge on any atom is -0.493 e. The Morgan fingerprint density at radius 2 is 1.40 bits per heavy atom. The summed E-state index contributed by atoms with van der Waals surface area (Å²) in [7, 11) is -3.89. The largest absolute Gasteiger partial charge is 0.493 e. The standard InChI is InChI=1S/C24H32O5S/c1-2-3-4-5-10-18-28-22-16-13-17-23(24(22)21-14-8-6-9-15-21)29-19-11-7-12-20-30(25,26)27/h2,6,8-9,13-17H,1,3-5,7,10-12,18-20H2,(H,25,26,27). The van der Waals surface area contributed by atoms with E-state index in [4.69, 9.17) is 14.0 Å². The van der Waals surface area contributed by atoms with Crippen molar-refractivity contribution in [2.24, 2.45) is 0 Å². The topological polar surface area (TPSA) is 72.8 Å². The second-order valence-corrected chi connectivity index (χ2v) is 8.75. The van der Waals surface area contributed by atoms with Crippen molar-refractivity contribution in [3.63, 3.8) is 0 Å². The fraction of sp³-hybridized carbons (Fsp3) is 0.417. The number of hydrogen-bond donors (Lipinski definition) is 1. The van der Waals surface area contributed by atoms with Gasteiger partial charge in [0.15, 0.2) is 0 Å². The molecule has 0 saturated heterocycles. The molecule has 164 valence electrons. The SMILES string of the molecule is C=CCCCCCOc1cccc(OCCCCCS(=O)(=O)O)c1-c1ccccc1. The van der Waals surface area contributed by atoms with Gasteiger partial charge in [-0.25, -0.2) is 0 Å². The minimum atomic E-state index is -3.89. The highest BCUT2D eigenvalue weighted by Crippen LogP contribution is 2.38. The molecule has 1 N–H and O–H groups in total. The summed E-state index contributed by atoms with van der Waals surface area (Å²) in [6.07, 6.45) is 7.98. The Balaban J connectivity index is 1.99. The van der Waals surface area contributed by atoms with Gasteiger partial charge >= 0.3 is 0 Å². The maximum Gasteiger partial charge on any atom is 0.264 e. The van der Waals surface area contributed by atoms with E-state index in [9.17, 15) is 8.42 Å². The van der Waals surface area contributed by atoms with Gasteiger partial charge in [-0.1, -0.05) is 42.5 Å².